The molecule has 1 aromatic heterocycles. The van der Waals surface area contributed by atoms with Crippen molar-refractivity contribution in [1.29, 1.82) is 0 Å². The van der Waals surface area contributed by atoms with Gasteiger partial charge in [-0.2, -0.15) is 0 Å². The Kier molecular flexibility index (Phi) is 4.34. The molecule has 5 nitrogen and oxygen atoms in total. The highest BCUT2D eigenvalue weighted by atomic mass is 32.1. The third-order valence-electron chi connectivity index (χ3n) is 3.29. The van der Waals surface area contributed by atoms with Crippen LogP contribution in [0, 0.1) is 0 Å². The lowest BCUT2D eigenvalue weighted by atomic mass is 10.2. The number of pyridine rings is 1. The van der Waals surface area contributed by atoms with Gasteiger partial charge in [-0.3, -0.25) is 0 Å². The minimum absolute atomic E-state index is 0.263. The summed E-state index contributed by atoms with van der Waals surface area (Å²) in [7, 11) is 4.06. The molecule has 1 fully saturated rings. The molecule has 19 heavy (non-hydrogen) atoms. The summed E-state index contributed by atoms with van der Waals surface area (Å²) < 4.78 is 0. The van der Waals surface area contributed by atoms with E-state index in [1.165, 1.54) is 0 Å². The lowest BCUT2D eigenvalue weighted by Crippen LogP contribution is -2.38. The van der Waals surface area contributed by atoms with E-state index in [4.69, 9.17) is 18.0 Å². The molecule has 0 radical (unpaired) electrons. The largest absolute Gasteiger partial charge is 0.391 e. The quantitative estimate of drug-likeness (QED) is 0.769. The summed E-state index contributed by atoms with van der Waals surface area (Å²) in [4.78, 5) is 8.99. The van der Waals surface area contributed by atoms with Crippen LogP contribution in [0.25, 0.3) is 0 Å². The van der Waals surface area contributed by atoms with E-state index in [2.05, 4.69) is 14.8 Å². The zero-order valence-corrected chi connectivity index (χ0v) is 12.1. The number of rotatable bonds is 4. The Morgan fingerprint density at radius 3 is 3.00 bits per heavy atom. The van der Waals surface area contributed by atoms with Crippen LogP contribution in [0.4, 0.5) is 5.82 Å². The SMILES string of the molecule is CN(C)CC1CC(O)CN1c1cc(C(N)=S)ccn1. The maximum Gasteiger partial charge on any atom is 0.129 e. The third-order valence-corrected chi connectivity index (χ3v) is 3.53. The molecule has 0 aromatic carbocycles. The van der Waals surface area contributed by atoms with Crippen molar-refractivity contribution >= 4 is 23.0 Å². The Morgan fingerprint density at radius 1 is 1.63 bits per heavy atom. The number of aliphatic hydroxyl groups excluding tert-OH is 1. The molecule has 0 spiro atoms. The van der Waals surface area contributed by atoms with Crippen molar-refractivity contribution in [2.24, 2.45) is 5.73 Å². The van der Waals surface area contributed by atoms with Crippen LogP contribution < -0.4 is 10.6 Å². The van der Waals surface area contributed by atoms with E-state index in [-0.39, 0.29) is 12.1 Å². The Labute approximate surface area is 119 Å². The number of likely N-dealkylation sites (N-methyl/N-ethyl adjacent to an activating group) is 1. The highest BCUT2D eigenvalue weighted by Gasteiger charge is 2.32. The Balaban J connectivity index is 2.23. The van der Waals surface area contributed by atoms with Gasteiger partial charge in [-0.05, 0) is 32.6 Å². The van der Waals surface area contributed by atoms with Crippen LogP contribution in [-0.4, -0.2) is 59.3 Å². The standard InChI is InChI=1S/C13H20N4OS/c1-16(2)7-10-6-11(18)8-17(10)12-5-9(13(14)19)3-4-15-12/h3-5,10-11,18H,6-8H2,1-2H3,(H2,14,19). The normalized spacial score (nSPS) is 23.1. The molecular weight excluding hydrogens is 260 g/mol. The monoisotopic (exact) mass is 280 g/mol. The first kappa shape index (κ1) is 14.2. The fraction of sp³-hybridized carbons (Fsp3) is 0.538. The number of thiocarbonyl (C=S) groups is 1. The molecule has 2 atom stereocenters. The van der Waals surface area contributed by atoms with Gasteiger partial charge in [-0.1, -0.05) is 12.2 Å². The van der Waals surface area contributed by atoms with Crippen molar-refractivity contribution in [3.8, 4) is 0 Å². The lowest BCUT2D eigenvalue weighted by molar-refractivity contribution is 0.191. The molecule has 6 heteroatoms. The van der Waals surface area contributed by atoms with Crippen LogP contribution in [0.3, 0.4) is 0 Å². The van der Waals surface area contributed by atoms with Crippen molar-refractivity contribution in [2.45, 2.75) is 18.6 Å². The zero-order valence-electron chi connectivity index (χ0n) is 11.3. The van der Waals surface area contributed by atoms with Crippen LogP contribution in [-0.2, 0) is 0 Å². The van der Waals surface area contributed by atoms with Crippen LogP contribution in [0.2, 0.25) is 0 Å². The first-order valence-electron chi connectivity index (χ1n) is 6.32. The third kappa shape index (κ3) is 3.40. The van der Waals surface area contributed by atoms with Gasteiger partial charge in [0.05, 0.1) is 6.10 Å². The van der Waals surface area contributed by atoms with Crippen LogP contribution in [0.5, 0.6) is 0 Å². The maximum absolute atomic E-state index is 9.88. The average molecular weight is 280 g/mol. The highest BCUT2D eigenvalue weighted by molar-refractivity contribution is 7.80. The van der Waals surface area contributed by atoms with E-state index in [0.717, 1.165) is 24.3 Å². The molecule has 2 heterocycles. The molecule has 0 bridgehead atoms. The second kappa shape index (κ2) is 5.81. The van der Waals surface area contributed by atoms with Crippen LogP contribution in [0.15, 0.2) is 18.3 Å². The molecule has 1 aromatic rings. The van der Waals surface area contributed by atoms with Gasteiger partial charge in [0.25, 0.3) is 0 Å². The first-order chi connectivity index (χ1) is 8.97. The number of aliphatic hydroxyl groups is 1. The molecule has 0 saturated carbocycles. The fourth-order valence-electron chi connectivity index (χ4n) is 2.50. The number of hydrogen-bond donors (Lipinski definition) is 2. The number of nitrogens with two attached hydrogens (primary N) is 1. The maximum atomic E-state index is 9.88. The van der Waals surface area contributed by atoms with E-state index in [9.17, 15) is 5.11 Å². The number of hydrogen-bond acceptors (Lipinski definition) is 5. The van der Waals surface area contributed by atoms with E-state index in [1.54, 1.807) is 12.3 Å². The van der Waals surface area contributed by atoms with E-state index in [0.29, 0.717) is 11.5 Å². The summed E-state index contributed by atoms with van der Waals surface area (Å²) in [5, 5.41) is 9.88. The number of nitrogens with zero attached hydrogens (tertiary/aromatic N) is 3. The van der Waals surface area contributed by atoms with E-state index >= 15 is 0 Å². The summed E-state index contributed by atoms with van der Waals surface area (Å²) in [5.74, 6) is 0.828. The van der Waals surface area contributed by atoms with Gasteiger partial charge < -0.3 is 20.6 Å². The minimum Gasteiger partial charge on any atom is -0.391 e. The summed E-state index contributed by atoms with van der Waals surface area (Å²) in [6, 6.07) is 3.96. The highest BCUT2D eigenvalue weighted by Crippen LogP contribution is 2.25. The summed E-state index contributed by atoms with van der Waals surface area (Å²) in [6.45, 7) is 1.49. The van der Waals surface area contributed by atoms with Gasteiger partial charge >= 0.3 is 0 Å². The van der Waals surface area contributed by atoms with Crippen molar-refractivity contribution in [2.75, 3.05) is 32.1 Å². The van der Waals surface area contributed by atoms with Crippen molar-refractivity contribution in [3.05, 3.63) is 23.9 Å². The zero-order chi connectivity index (χ0) is 14.0. The lowest BCUT2D eigenvalue weighted by Gasteiger charge is -2.27. The second-order valence-electron chi connectivity index (χ2n) is 5.22. The van der Waals surface area contributed by atoms with Gasteiger partial charge in [-0.25, -0.2) is 4.98 Å². The predicted octanol–water partition coefficient (Wildman–Crippen LogP) is 0.217. The molecule has 3 N–H and O–H groups in total. The van der Waals surface area contributed by atoms with Gasteiger partial charge in [0.2, 0.25) is 0 Å². The van der Waals surface area contributed by atoms with Crippen molar-refractivity contribution in [3.63, 3.8) is 0 Å². The second-order valence-corrected chi connectivity index (χ2v) is 5.66. The molecule has 1 saturated heterocycles. The van der Waals surface area contributed by atoms with Gasteiger partial charge in [0, 0.05) is 30.9 Å². The average Bonchev–Trinajstić information content (AvgIpc) is 2.69. The number of β-amino-alcohol motifs (C(OH)–C–C–N with tert-alkyl or cyclic N) is 1. The molecule has 1 aliphatic rings. The molecule has 2 unspecified atom stereocenters. The van der Waals surface area contributed by atoms with Crippen LogP contribution in [0.1, 0.15) is 12.0 Å². The predicted molar refractivity (Wildman–Crippen MR) is 80.4 cm³/mol. The fourth-order valence-corrected chi connectivity index (χ4v) is 2.62. The Bertz CT molecular complexity index is 466. The van der Waals surface area contributed by atoms with Gasteiger partial charge in [0.15, 0.2) is 0 Å². The topological polar surface area (TPSA) is 65.6 Å². The van der Waals surface area contributed by atoms with E-state index in [1.807, 2.05) is 20.2 Å². The minimum atomic E-state index is -0.305. The number of aromatic nitrogens is 1. The van der Waals surface area contributed by atoms with Gasteiger partial charge in [0.1, 0.15) is 10.8 Å². The molecule has 1 aliphatic heterocycles. The molecule has 0 amide bonds. The van der Waals surface area contributed by atoms with Gasteiger partial charge in [-0.15, -0.1) is 0 Å². The number of anilines is 1. The molecular formula is C13H20N4OS. The van der Waals surface area contributed by atoms with Crippen molar-refractivity contribution < 1.29 is 5.11 Å². The van der Waals surface area contributed by atoms with Crippen molar-refractivity contribution in [1.82, 2.24) is 9.88 Å². The molecule has 104 valence electrons. The summed E-state index contributed by atoms with van der Waals surface area (Å²) in [5.41, 5.74) is 6.46. The van der Waals surface area contributed by atoms with Crippen LogP contribution >= 0.6 is 12.2 Å². The first-order valence-corrected chi connectivity index (χ1v) is 6.73. The Morgan fingerprint density at radius 2 is 2.37 bits per heavy atom. The summed E-state index contributed by atoms with van der Waals surface area (Å²) >= 11 is 4.99. The Hall–Kier alpha value is -1.24. The van der Waals surface area contributed by atoms with E-state index < -0.39 is 0 Å². The smallest absolute Gasteiger partial charge is 0.129 e. The summed E-state index contributed by atoms with van der Waals surface area (Å²) in [6.07, 6.45) is 2.17. The molecule has 2 rings (SSSR count). The molecule has 0 aliphatic carbocycles.